The zero-order valence-corrected chi connectivity index (χ0v) is 29.8. The van der Waals surface area contributed by atoms with Gasteiger partial charge in [-0.05, 0) is 78.1 Å². The summed E-state index contributed by atoms with van der Waals surface area (Å²) in [5.41, 5.74) is 10.4. The van der Waals surface area contributed by atoms with Crippen LogP contribution in [0.15, 0.2) is 162 Å². The minimum atomic E-state index is 0.577. The molecule has 0 spiro atoms. The predicted octanol–water partition coefficient (Wildman–Crippen LogP) is 12.3. The lowest BCUT2D eigenvalue weighted by Crippen LogP contribution is -2.01. The molecular weight excluding hydrogens is 663 g/mol. The van der Waals surface area contributed by atoms with Crippen LogP contribution in [0.2, 0.25) is 0 Å². The van der Waals surface area contributed by atoms with Gasteiger partial charge in [-0.1, -0.05) is 116 Å². The monoisotopic (exact) mass is 697 g/mol. The highest BCUT2D eigenvalue weighted by Gasteiger charge is 2.17. The fourth-order valence-electron chi connectivity index (χ4n) is 7.53. The summed E-state index contributed by atoms with van der Waals surface area (Å²) in [5.74, 6) is 2.65. The summed E-state index contributed by atoms with van der Waals surface area (Å²) >= 11 is 0. The van der Waals surface area contributed by atoms with Gasteiger partial charge in [-0.3, -0.25) is 4.57 Å². The van der Waals surface area contributed by atoms with Crippen molar-refractivity contribution in [3.63, 3.8) is 0 Å². The molecule has 0 N–H and O–H groups in total. The third-order valence-corrected chi connectivity index (χ3v) is 10.3. The summed E-state index contributed by atoms with van der Waals surface area (Å²) in [4.78, 5) is 19.7. The predicted molar refractivity (Wildman–Crippen MR) is 220 cm³/mol. The smallest absolute Gasteiger partial charge is 0.165 e. The molecule has 0 radical (unpaired) electrons. The molecule has 0 atom stereocenters. The first-order valence-electron chi connectivity index (χ1n) is 18.5. The molecule has 0 aliphatic carbocycles. The lowest BCUT2D eigenvalue weighted by molar-refractivity contribution is 0.667. The maximum atomic E-state index is 6.31. The summed E-state index contributed by atoms with van der Waals surface area (Å²) in [6.45, 7) is 2.23. The average Bonchev–Trinajstić information content (AvgIpc) is 3.78. The van der Waals surface area contributed by atoms with E-state index >= 15 is 0 Å². The normalized spacial score (nSPS) is 11.6. The van der Waals surface area contributed by atoms with Crippen LogP contribution in [0, 0.1) is 0 Å². The number of hydrogen-bond donors (Lipinski definition) is 0. The van der Waals surface area contributed by atoms with E-state index in [1.165, 1.54) is 29.2 Å². The standard InChI is InChI=1S/C48H35N5O/c1-2-3-12-31-19-23-38-40-29-35(21-25-43(40)54-44(38)27-31)34-20-24-42-39(28-34)37-17-10-11-18-41(37)53(42)45-26-22-36(30-49-45)48-51-46(32-13-6-4-7-14-32)50-47(52-48)33-15-8-5-9-16-33/h4-11,13-30H,2-3,12H2,1H3. The maximum Gasteiger partial charge on any atom is 0.165 e. The van der Waals surface area contributed by atoms with Crippen molar-refractivity contribution in [1.82, 2.24) is 24.5 Å². The molecule has 4 aromatic heterocycles. The van der Waals surface area contributed by atoms with Gasteiger partial charge in [0.15, 0.2) is 17.5 Å². The van der Waals surface area contributed by atoms with Gasteiger partial charge in [-0.2, -0.15) is 0 Å². The van der Waals surface area contributed by atoms with Gasteiger partial charge in [0.05, 0.1) is 11.0 Å². The Hall–Kier alpha value is -6.92. The molecule has 10 aromatic rings. The summed E-state index contributed by atoms with van der Waals surface area (Å²) in [5, 5.41) is 4.64. The number of nitrogens with zero attached hydrogens (tertiary/aromatic N) is 5. The molecule has 4 heterocycles. The van der Waals surface area contributed by atoms with E-state index in [2.05, 4.69) is 96.4 Å². The maximum absolute atomic E-state index is 6.31. The van der Waals surface area contributed by atoms with Gasteiger partial charge in [0.25, 0.3) is 0 Å². The van der Waals surface area contributed by atoms with Gasteiger partial charge in [0, 0.05) is 44.4 Å². The topological polar surface area (TPSA) is 69.6 Å². The average molecular weight is 698 g/mol. The second-order valence-electron chi connectivity index (χ2n) is 13.8. The number of furan rings is 1. The SMILES string of the molecule is CCCCc1ccc2c(c1)oc1ccc(-c3ccc4c(c3)c3ccccc3n4-c3ccc(-c4nc(-c5ccccc5)nc(-c5ccccc5)n4)cn3)cc12. The number of unbranched alkanes of at least 4 members (excludes halogenated alkanes) is 1. The van der Waals surface area contributed by atoms with Crippen LogP contribution in [-0.2, 0) is 6.42 Å². The lowest BCUT2D eigenvalue weighted by atomic mass is 10.00. The fraction of sp³-hybridized carbons (Fsp3) is 0.0833. The molecule has 0 saturated carbocycles. The van der Waals surface area contributed by atoms with E-state index in [9.17, 15) is 0 Å². The molecule has 0 bridgehead atoms. The van der Waals surface area contributed by atoms with Gasteiger partial charge in [-0.15, -0.1) is 0 Å². The summed E-state index contributed by atoms with van der Waals surface area (Å²) in [6, 6.07) is 52.6. The molecule has 0 unspecified atom stereocenters. The number of aromatic nitrogens is 5. The van der Waals surface area contributed by atoms with E-state index in [4.69, 9.17) is 24.4 Å². The highest BCUT2D eigenvalue weighted by Crippen LogP contribution is 2.37. The zero-order chi connectivity index (χ0) is 36.0. The van der Waals surface area contributed by atoms with Crippen LogP contribution in [-0.4, -0.2) is 24.5 Å². The number of rotatable bonds is 8. The van der Waals surface area contributed by atoms with Crippen LogP contribution in [0.5, 0.6) is 0 Å². The number of aryl methyl sites for hydroxylation is 1. The van der Waals surface area contributed by atoms with Crippen molar-refractivity contribution < 1.29 is 4.42 Å². The number of para-hydroxylation sites is 1. The third kappa shape index (κ3) is 5.60. The number of hydrogen-bond acceptors (Lipinski definition) is 5. The van der Waals surface area contributed by atoms with Gasteiger partial charge in [-0.25, -0.2) is 19.9 Å². The molecule has 54 heavy (non-hydrogen) atoms. The molecule has 6 nitrogen and oxygen atoms in total. The minimum Gasteiger partial charge on any atom is -0.456 e. The van der Waals surface area contributed by atoms with Crippen molar-refractivity contribution in [2.24, 2.45) is 0 Å². The highest BCUT2D eigenvalue weighted by molar-refractivity contribution is 6.11. The first-order chi connectivity index (χ1) is 26.7. The largest absolute Gasteiger partial charge is 0.456 e. The molecule has 0 fully saturated rings. The van der Waals surface area contributed by atoms with E-state index in [0.29, 0.717) is 17.5 Å². The Morgan fingerprint density at radius 1 is 0.481 bits per heavy atom. The zero-order valence-electron chi connectivity index (χ0n) is 29.8. The Morgan fingerprint density at radius 3 is 1.81 bits per heavy atom. The van der Waals surface area contributed by atoms with Crippen LogP contribution in [0.25, 0.3) is 94.9 Å². The molecule has 0 amide bonds. The Kier molecular flexibility index (Phi) is 7.80. The van der Waals surface area contributed by atoms with Crippen molar-refractivity contribution >= 4 is 43.7 Å². The third-order valence-electron chi connectivity index (χ3n) is 10.3. The van der Waals surface area contributed by atoms with E-state index in [1.54, 1.807) is 0 Å². The minimum absolute atomic E-state index is 0.577. The number of benzene rings is 6. The fourth-order valence-corrected chi connectivity index (χ4v) is 7.53. The molecule has 0 saturated heterocycles. The van der Waals surface area contributed by atoms with E-state index < -0.39 is 0 Å². The summed E-state index contributed by atoms with van der Waals surface area (Å²) < 4.78 is 8.55. The van der Waals surface area contributed by atoms with Crippen LogP contribution in [0.1, 0.15) is 25.3 Å². The van der Waals surface area contributed by atoms with E-state index in [-0.39, 0.29) is 0 Å². The Bertz CT molecular complexity index is 2910. The first-order valence-corrected chi connectivity index (χ1v) is 18.5. The second kappa shape index (κ2) is 13.2. The van der Waals surface area contributed by atoms with Crippen LogP contribution in [0.4, 0.5) is 0 Å². The van der Waals surface area contributed by atoms with Crippen molar-refractivity contribution in [3.8, 4) is 51.1 Å². The summed E-state index contributed by atoms with van der Waals surface area (Å²) in [6.07, 6.45) is 5.30. The summed E-state index contributed by atoms with van der Waals surface area (Å²) in [7, 11) is 0. The van der Waals surface area contributed by atoms with Crippen LogP contribution >= 0.6 is 0 Å². The van der Waals surface area contributed by atoms with Crippen molar-refractivity contribution in [1.29, 1.82) is 0 Å². The first kappa shape index (κ1) is 31.8. The van der Waals surface area contributed by atoms with Crippen molar-refractivity contribution in [2.45, 2.75) is 26.2 Å². The quantitative estimate of drug-likeness (QED) is 0.158. The van der Waals surface area contributed by atoms with Crippen molar-refractivity contribution in [2.75, 3.05) is 0 Å². The van der Waals surface area contributed by atoms with Crippen LogP contribution in [0.3, 0.4) is 0 Å². The van der Waals surface area contributed by atoms with Crippen molar-refractivity contribution in [3.05, 3.63) is 163 Å². The lowest BCUT2D eigenvalue weighted by Gasteiger charge is -2.10. The Morgan fingerprint density at radius 2 is 1.11 bits per heavy atom. The van der Waals surface area contributed by atoms with E-state index in [1.807, 2.05) is 72.9 Å². The number of pyridine rings is 1. The van der Waals surface area contributed by atoms with E-state index in [0.717, 1.165) is 73.0 Å². The molecule has 258 valence electrons. The van der Waals surface area contributed by atoms with Crippen LogP contribution < -0.4 is 0 Å². The van der Waals surface area contributed by atoms with Gasteiger partial charge < -0.3 is 4.42 Å². The molecule has 10 rings (SSSR count). The molecular formula is C48H35N5O. The molecule has 6 heteroatoms. The Balaban J connectivity index is 1.04. The second-order valence-corrected chi connectivity index (χ2v) is 13.8. The number of fused-ring (bicyclic) bond motifs is 6. The van der Waals surface area contributed by atoms with Gasteiger partial charge in [0.1, 0.15) is 17.0 Å². The molecule has 0 aliphatic heterocycles. The van der Waals surface area contributed by atoms with Gasteiger partial charge in [0.2, 0.25) is 0 Å². The molecule has 6 aromatic carbocycles. The Labute approximate surface area is 312 Å². The molecule has 0 aliphatic rings. The highest BCUT2D eigenvalue weighted by atomic mass is 16.3. The van der Waals surface area contributed by atoms with Gasteiger partial charge >= 0.3 is 0 Å².